The fourth-order valence-corrected chi connectivity index (χ4v) is 2.45. The number of nitrogens with one attached hydrogen (secondary N) is 2. The van der Waals surface area contributed by atoms with Gasteiger partial charge in [-0.3, -0.25) is 0 Å². The van der Waals surface area contributed by atoms with E-state index in [0.717, 1.165) is 25.5 Å². The molecule has 2 aliphatic rings. The standard InChI is InChI=1S/C10H13N3/c1-2-8-9(12-4-1)13-7-10(8)3-5-11-6-10/h1-2,4,11H,3,5-7H2,(H,12,13). The molecule has 2 N–H and O–H groups in total. The Labute approximate surface area is 77.6 Å². The third-order valence-corrected chi connectivity index (χ3v) is 3.22. The van der Waals surface area contributed by atoms with Crippen molar-refractivity contribution in [3.63, 3.8) is 0 Å². The molecule has 1 aromatic rings. The van der Waals surface area contributed by atoms with Crippen LogP contribution in [-0.4, -0.2) is 24.6 Å². The van der Waals surface area contributed by atoms with Crippen molar-refractivity contribution in [1.29, 1.82) is 0 Å². The van der Waals surface area contributed by atoms with Crippen molar-refractivity contribution < 1.29 is 0 Å². The molecule has 0 aromatic carbocycles. The van der Waals surface area contributed by atoms with Gasteiger partial charge >= 0.3 is 0 Å². The lowest BCUT2D eigenvalue weighted by molar-refractivity contribution is 0.522. The summed E-state index contributed by atoms with van der Waals surface area (Å²) in [6.45, 7) is 3.28. The number of anilines is 1. The van der Waals surface area contributed by atoms with Crippen molar-refractivity contribution >= 4 is 5.82 Å². The first-order valence-electron chi connectivity index (χ1n) is 4.81. The Bertz CT molecular complexity index is 329. The first-order valence-corrected chi connectivity index (χ1v) is 4.81. The Morgan fingerprint density at radius 1 is 1.38 bits per heavy atom. The van der Waals surface area contributed by atoms with E-state index in [1.54, 1.807) is 0 Å². The molecule has 3 nitrogen and oxygen atoms in total. The highest BCUT2D eigenvalue weighted by atomic mass is 15.1. The Hall–Kier alpha value is -1.09. The van der Waals surface area contributed by atoms with Crippen LogP contribution in [0.15, 0.2) is 18.3 Å². The zero-order valence-electron chi connectivity index (χ0n) is 7.51. The van der Waals surface area contributed by atoms with Crippen molar-refractivity contribution in [3.05, 3.63) is 23.9 Å². The van der Waals surface area contributed by atoms with Gasteiger partial charge in [-0.25, -0.2) is 4.98 Å². The number of aromatic nitrogens is 1. The van der Waals surface area contributed by atoms with Gasteiger partial charge < -0.3 is 10.6 Å². The number of pyridine rings is 1. The molecule has 68 valence electrons. The van der Waals surface area contributed by atoms with Crippen molar-refractivity contribution in [3.8, 4) is 0 Å². The average molecular weight is 175 g/mol. The van der Waals surface area contributed by atoms with Gasteiger partial charge in [-0.2, -0.15) is 0 Å². The quantitative estimate of drug-likeness (QED) is 0.610. The van der Waals surface area contributed by atoms with Crippen LogP contribution in [0.25, 0.3) is 0 Å². The van der Waals surface area contributed by atoms with Gasteiger partial charge in [0.05, 0.1) is 0 Å². The topological polar surface area (TPSA) is 37.0 Å². The monoisotopic (exact) mass is 175 g/mol. The van der Waals surface area contributed by atoms with E-state index in [1.165, 1.54) is 12.0 Å². The molecule has 3 heterocycles. The second kappa shape index (κ2) is 2.45. The van der Waals surface area contributed by atoms with Gasteiger partial charge in [-0.05, 0) is 19.0 Å². The van der Waals surface area contributed by atoms with Gasteiger partial charge in [0.2, 0.25) is 0 Å². The molecule has 1 aromatic heterocycles. The van der Waals surface area contributed by atoms with Crippen molar-refractivity contribution in [2.75, 3.05) is 25.0 Å². The molecule has 1 unspecified atom stereocenters. The van der Waals surface area contributed by atoms with E-state index in [-0.39, 0.29) is 0 Å². The fourth-order valence-electron chi connectivity index (χ4n) is 2.45. The van der Waals surface area contributed by atoms with Crippen LogP contribution in [0.2, 0.25) is 0 Å². The van der Waals surface area contributed by atoms with Gasteiger partial charge in [0.25, 0.3) is 0 Å². The average Bonchev–Trinajstić information content (AvgIpc) is 2.78. The molecule has 0 amide bonds. The van der Waals surface area contributed by atoms with Crippen molar-refractivity contribution in [2.24, 2.45) is 0 Å². The molecule has 2 aliphatic heterocycles. The largest absolute Gasteiger partial charge is 0.369 e. The number of fused-ring (bicyclic) bond motifs is 2. The summed E-state index contributed by atoms with van der Waals surface area (Å²) in [7, 11) is 0. The van der Waals surface area contributed by atoms with Crippen LogP contribution in [0.4, 0.5) is 5.82 Å². The summed E-state index contributed by atoms with van der Waals surface area (Å²) in [4.78, 5) is 4.34. The first kappa shape index (κ1) is 7.33. The highest BCUT2D eigenvalue weighted by molar-refractivity contribution is 5.55. The van der Waals surface area contributed by atoms with Crippen LogP contribution in [0, 0.1) is 0 Å². The minimum absolute atomic E-state index is 0.337. The van der Waals surface area contributed by atoms with Gasteiger partial charge in [-0.1, -0.05) is 6.07 Å². The van der Waals surface area contributed by atoms with Crippen LogP contribution in [0.5, 0.6) is 0 Å². The van der Waals surface area contributed by atoms with Crippen LogP contribution < -0.4 is 10.6 Å². The molecule has 1 atom stereocenters. The summed E-state index contributed by atoms with van der Waals surface area (Å²) >= 11 is 0. The number of nitrogens with zero attached hydrogens (tertiary/aromatic N) is 1. The minimum Gasteiger partial charge on any atom is -0.369 e. The van der Waals surface area contributed by atoms with Crippen molar-refractivity contribution in [2.45, 2.75) is 11.8 Å². The highest BCUT2D eigenvalue weighted by Crippen LogP contribution is 2.39. The molecule has 3 rings (SSSR count). The molecule has 13 heavy (non-hydrogen) atoms. The number of rotatable bonds is 0. The fraction of sp³-hybridized carbons (Fsp3) is 0.500. The van der Waals surface area contributed by atoms with Crippen LogP contribution in [0.1, 0.15) is 12.0 Å². The SMILES string of the molecule is c1cnc2c(c1)C1(CCNC1)CN2. The predicted octanol–water partition coefficient (Wildman–Crippen LogP) is 0.738. The summed E-state index contributed by atoms with van der Waals surface area (Å²) in [6, 6.07) is 4.24. The minimum atomic E-state index is 0.337. The maximum absolute atomic E-state index is 4.34. The molecular weight excluding hydrogens is 162 g/mol. The first-order chi connectivity index (χ1) is 6.41. The molecule has 1 fully saturated rings. The molecule has 1 saturated heterocycles. The maximum atomic E-state index is 4.34. The van der Waals surface area contributed by atoms with E-state index in [2.05, 4.69) is 21.7 Å². The molecule has 3 heteroatoms. The van der Waals surface area contributed by atoms with Gasteiger partial charge in [0.15, 0.2) is 0 Å². The Kier molecular flexibility index (Phi) is 1.38. The second-order valence-corrected chi connectivity index (χ2v) is 3.96. The Balaban J connectivity index is 2.11. The lowest BCUT2D eigenvalue weighted by Crippen LogP contribution is -2.30. The third-order valence-electron chi connectivity index (χ3n) is 3.22. The van der Waals surface area contributed by atoms with E-state index in [9.17, 15) is 0 Å². The zero-order valence-corrected chi connectivity index (χ0v) is 7.51. The van der Waals surface area contributed by atoms with Crippen LogP contribution in [0.3, 0.4) is 0 Å². The lowest BCUT2D eigenvalue weighted by atomic mass is 9.82. The van der Waals surface area contributed by atoms with E-state index in [4.69, 9.17) is 0 Å². The Morgan fingerprint density at radius 2 is 2.38 bits per heavy atom. The molecular formula is C10H13N3. The van der Waals surface area contributed by atoms with Gasteiger partial charge in [0, 0.05) is 30.3 Å². The molecule has 0 saturated carbocycles. The summed E-state index contributed by atoms with van der Waals surface area (Å²) < 4.78 is 0. The molecule has 0 bridgehead atoms. The third kappa shape index (κ3) is 0.907. The van der Waals surface area contributed by atoms with Gasteiger partial charge in [0.1, 0.15) is 5.82 Å². The van der Waals surface area contributed by atoms with E-state index in [0.29, 0.717) is 5.41 Å². The van der Waals surface area contributed by atoms with E-state index >= 15 is 0 Å². The number of hydrogen-bond donors (Lipinski definition) is 2. The summed E-state index contributed by atoms with van der Waals surface area (Å²) in [5.74, 6) is 1.09. The summed E-state index contributed by atoms with van der Waals surface area (Å²) in [6.07, 6.45) is 3.09. The smallest absolute Gasteiger partial charge is 0.129 e. The normalized spacial score (nSPS) is 30.5. The molecule has 0 radical (unpaired) electrons. The zero-order chi connectivity index (χ0) is 8.73. The van der Waals surface area contributed by atoms with Crippen LogP contribution in [-0.2, 0) is 5.41 Å². The highest BCUT2D eigenvalue weighted by Gasteiger charge is 2.41. The summed E-state index contributed by atoms with van der Waals surface area (Å²) in [5.41, 5.74) is 1.74. The lowest BCUT2D eigenvalue weighted by Gasteiger charge is -2.20. The predicted molar refractivity (Wildman–Crippen MR) is 51.9 cm³/mol. The van der Waals surface area contributed by atoms with E-state index in [1.807, 2.05) is 12.3 Å². The maximum Gasteiger partial charge on any atom is 0.129 e. The summed E-state index contributed by atoms with van der Waals surface area (Å²) in [5, 5.41) is 6.81. The molecule has 0 aliphatic carbocycles. The van der Waals surface area contributed by atoms with E-state index < -0.39 is 0 Å². The number of hydrogen-bond acceptors (Lipinski definition) is 3. The Morgan fingerprint density at radius 3 is 3.23 bits per heavy atom. The van der Waals surface area contributed by atoms with Crippen molar-refractivity contribution in [1.82, 2.24) is 10.3 Å². The second-order valence-electron chi connectivity index (χ2n) is 3.96. The van der Waals surface area contributed by atoms with Crippen LogP contribution >= 0.6 is 0 Å². The van der Waals surface area contributed by atoms with Gasteiger partial charge in [-0.15, -0.1) is 0 Å². The molecule has 1 spiro atoms.